The Hall–Kier alpha value is -1.46. The Bertz CT molecular complexity index is 552. The van der Waals surface area contributed by atoms with Crippen molar-refractivity contribution in [1.82, 2.24) is 4.90 Å². The van der Waals surface area contributed by atoms with Gasteiger partial charge in [-0.3, -0.25) is 4.79 Å². The second-order valence-corrected chi connectivity index (χ2v) is 6.23. The molecule has 1 unspecified atom stereocenters. The van der Waals surface area contributed by atoms with Crippen LogP contribution in [0.25, 0.3) is 0 Å². The summed E-state index contributed by atoms with van der Waals surface area (Å²) in [5.74, 6) is 1.65. The fourth-order valence-corrected chi connectivity index (χ4v) is 2.89. The molecule has 1 aromatic rings. The average molecular weight is 327 g/mol. The van der Waals surface area contributed by atoms with Gasteiger partial charge in [-0.15, -0.1) is 12.4 Å². The molecule has 22 heavy (non-hydrogen) atoms. The largest absolute Gasteiger partial charge is 0.486 e. The van der Waals surface area contributed by atoms with E-state index in [0.717, 1.165) is 36.6 Å². The number of hydrogen-bond donors (Lipinski definition) is 1. The third-order valence-electron chi connectivity index (χ3n) is 4.37. The van der Waals surface area contributed by atoms with Crippen molar-refractivity contribution in [2.24, 2.45) is 11.1 Å². The smallest absolute Gasteiger partial charge is 0.227 e. The van der Waals surface area contributed by atoms with E-state index in [1.165, 1.54) is 0 Å². The highest BCUT2D eigenvalue weighted by atomic mass is 35.5. The summed E-state index contributed by atoms with van der Waals surface area (Å²) in [6, 6.07) is 5.72. The molecular formula is C16H23ClN2O3. The maximum absolute atomic E-state index is 12.4. The number of carbonyl (C=O) groups excluding carboxylic acids is 1. The first-order chi connectivity index (χ1) is 10.1. The third kappa shape index (κ3) is 3.47. The molecular weight excluding hydrogens is 304 g/mol. The van der Waals surface area contributed by atoms with Gasteiger partial charge in [0.1, 0.15) is 13.2 Å². The molecule has 1 fully saturated rings. The van der Waals surface area contributed by atoms with Crippen LogP contribution in [0.2, 0.25) is 0 Å². The molecule has 0 aromatic heterocycles. The summed E-state index contributed by atoms with van der Waals surface area (Å²) >= 11 is 0. The molecule has 1 amide bonds. The molecule has 0 saturated carbocycles. The lowest BCUT2D eigenvalue weighted by Crippen LogP contribution is -2.35. The molecule has 2 N–H and O–H groups in total. The molecule has 3 rings (SSSR count). The molecule has 1 saturated heterocycles. The first kappa shape index (κ1) is 16.9. The Morgan fingerprint density at radius 3 is 2.73 bits per heavy atom. The van der Waals surface area contributed by atoms with Gasteiger partial charge in [0.15, 0.2) is 11.5 Å². The number of nitrogens with two attached hydrogens (primary N) is 1. The summed E-state index contributed by atoms with van der Waals surface area (Å²) < 4.78 is 11.0. The number of ether oxygens (including phenoxy) is 2. The number of nitrogens with zero attached hydrogens (tertiary/aromatic N) is 1. The van der Waals surface area contributed by atoms with E-state index in [0.29, 0.717) is 26.2 Å². The average Bonchev–Trinajstić information content (AvgIpc) is 2.91. The number of fused-ring (bicyclic) bond motifs is 1. The minimum absolute atomic E-state index is 0. The summed E-state index contributed by atoms with van der Waals surface area (Å²) in [6.45, 7) is 5.47. The van der Waals surface area contributed by atoms with Gasteiger partial charge in [-0.05, 0) is 36.1 Å². The van der Waals surface area contributed by atoms with Gasteiger partial charge in [-0.25, -0.2) is 0 Å². The van der Waals surface area contributed by atoms with Crippen LogP contribution in [0.4, 0.5) is 0 Å². The van der Waals surface area contributed by atoms with Gasteiger partial charge in [0.05, 0.1) is 6.42 Å². The standard InChI is InChI=1S/C16H22N2O3.ClH/c1-16(10-17)4-5-18(11-16)15(19)9-12-2-3-13-14(8-12)21-7-6-20-13;/h2-3,8H,4-7,9-11,17H2,1H3;1H. The van der Waals surface area contributed by atoms with Gasteiger partial charge in [0, 0.05) is 13.1 Å². The summed E-state index contributed by atoms with van der Waals surface area (Å²) in [6.07, 6.45) is 1.38. The summed E-state index contributed by atoms with van der Waals surface area (Å²) in [5, 5.41) is 0. The van der Waals surface area contributed by atoms with Crippen molar-refractivity contribution in [3.05, 3.63) is 23.8 Å². The van der Waals surface area contributed by atoms with E-state index >= 15 is 0 Å². The molecule has 2 heterocycles. The molecule has 0 spiro atoms. The Morgan fingerprint density at radius 2 is 2.05 bits per heavy atom. The van der Waals surface area contributed by atoms with Crippen molar-refractivity contribution >= 4 is 18.3 Å². The molecule has 0 bridgehead atoms. The predicted molar refractivity (Wildman–Crippen MR) is 86.7 cm³/mol. The second kappa shape index (κ2) is 6.75. The Balaban J connectivity index is 0.00000176. The zero-order valence-electron chi connectivity index (χ0n) is 12.8. The number of halogens is 1. The topological polar surface area (TPSA) is 64.8 Å². The van der Waals surface area contributed by atoms with Crippen molar-refractivity contribution in [2.45, 2.75) is 19.8 Å². The lowest BCUT2D eigenvalue weighted by atomic mass is 9.90. The quantitative estimate of drug-likeness (QED) is 0.916. The fraction of sp³-hybridized carbons (Fsp3) is 0.562. The summed E-state index contributed by atoms with van der Waals surface area (Å²) in [7, 11) is 0. The van der Waals surface area contributed by atoms with Crippen molar-refractivity contribution in [1.29, 1.82) is 0 Å². The van der Waals surface area contributed by atoms with E-state index in [4.69, 9.17) is 15.2 Å². The summed E-state index contributed by atoms with van der Waals surface area (Å²) in [5.41, 5.74) is 6.83. The Morgan fingerprint density at radius 1 is 1.32 bits per heavy atom. The Labute approximate surface area is 137 Å². The van der Waals surface area contributed by atoms with E-state index in [1.807, 2.05) is 23.1 Å². The van der Waals surface area contributed by atoms with Gasteiger partial charge in [-0.2, -0.15) is 0 Å². The number of amides is 1. The second-order valence-electron chi connectivity index (χ2n) is 6.23. The van der Waals surface area contributed by atoms with E-state index in [2.05, 4.69) is 6.92 Å². The number of hydrogen-bond acceptors (Lipinski definition) is 4. The van der Waals surface area contributed by atoms with Crippen molar-refractivity contribution < 1.29 is 14.3 Å². The Kier molecular flexibility index (Phi) is 5.19. The van der Waals surface area contributed by atoms with Crippen molar-refractivity contribution in [2.75, 3.05) is 32.8 Å². The van der Waals surface area contributed by atoms with Crippen molar-refractivity contribution in [3.8, 4) is 11.5 Å². The maximum Gasteiger partial charge on any atom is 0.227 e. The van der Waals surface area contributed by atoms with Crippen LogP contribution in [0.3, 0.4) is 0 Å². The molecule has 0 radical (unpaired) electrons. The van der Waals surface area contributed by atoms with Crippen LogP contribution >= 0.6 is 12.4 Å². The van der Waals surface area contributed by atoms with Crippen LogP contribution in [0, 0.1) is 5.41 Å². The highest BCUT2D eigenvalue weighted by Crippen LogP contribution is 2.32. The minimum Gasteiger partial charge on any atom is -0.486 e. The zero-order chi connectivity index (χ0) is 14.9. The molecule has 1 aromatic carbocycles. The lowest BCUT2D eigenvalue weighted by molar-refractivity contribution is -0.129. The van der Waals surface area contributed by atoms with Gasteiger partial charge >= 0.3 is 0 Å². The van der Waals surface area contributed by atoms with E-state index in [-0.39, 0.29) is 23.7 Å². The molecule has 5 nitrogen and oxygen atoms in total. The van der Waals surface area contributed by atoms with Crippen LogP contribution in [0.15, 0.2) is 18.2 Å². The SMILES string of the molecule is CC1(CN)CCN(C(=O)Cc2ccc3c(c2)OCCO3)C1.Cl. The maximum atomic E-state index is 12.4. The van der Waals surface area contributed by atoms with Crippen LogP contribution in [-0.4, -0.2) is 43.7 Å². The minimum atomic E-state index is 0. The van der Waals surface area contributed by atoms with Gasteiger partial charge in [-0.1, -0.05) is 13.0 Å². The summed E-state index contributed by atoms with van der Waals surface area (Å²) in [4.78, 5) is 14.3. The molecule has 0 aliphatic carbocycles. The fourth-order valence-electron chi connectivity index (χ4n) is 2.89. The van der Waals surface area contributed by atoms with Crippen LogP contribution in [0.1, 0.15) is 18.9 Å². The monoisotopic (exact) mass is 326 g/mol. The number of likely N-dealkylation sites (tertiary alicyclic amines) is 1. The highest BCUT2D eigenvalue weighted by molar-refractivity contribution is 5.85. The first-order valence-corrected chi connectivity index (χ1v) is 7.46. The molecule has 1 atom stereocenters. The molecule has 122 valence electrons. The predicted octanol–water partition coefficient (Wildman–Crippen LogP) is 1.62. The number of rotatable bonds is 3. The van der Waals surface area contributed by atoms with Gasteiger partial charge in [0.2, 0.25) is 5.91 Å². The third-order valence-corrected chi connectivity index (χ3v) is 4.37. The molecule has 2 aliphatic heterocycles. The van der Waals surface area contributed by atoms with Gasteiger partial charge < -0.3 is 20.1 Å². The van der Waals surface area contributed by atoms with Gasteiger partial charge in [0.25, 0.3) is 0 Å². The highest BCUT2D eigenvalue weighted by Gasteiger charge is 2.34. The normalized spacial score (nSPS) is 23.1. The van der Waals surface area contributed by atoms with Crippen LogP contribution in [-0.2, 0) is 11.2 Å². The number of benzene rings is 1. The van der Waals surface area contributed by atoms with Crippen molar-refractivity contribution in [3.63, 3.8) is 0 Å². The van der Waals surface area contributed by atoms with Crippen LogP contribution < -0.4 is 15.2 Å². The molecule has 2 aliphatic rings. The van der Waals surface area contributed by atoms with E-state index in [9.17, 15) is 4.79 Å². The zero-order valence-corrected chi connectivity index (χ0v) is 13.7. The van der Waals surface area contributed by atoms with E-state index < -0.39 is 0 Å². The van der Waals surface area contributed by atoms with E-state index in [1.54, 1.807) is 0 Å². The molecule has 6 heteroatoms. The first-order valence-electron chi connectivity index (χ1n) is 7.46. The lowest BCUT2D eigenvalue weighted by Gasteiger charge is -2.23. The number of carbonyl (C=O) groups is 1. The van der Waals surface area contributed by atoms with Crippen LogP contribution in [0.5, 0.6) is 11.5 Å².